The van der Waals surface area contributed by atoms with Crippen molar-refractivity contribution < 1.29 is 9.59 Å². The van der Waals surface area contributed by atoms with Crippen molar-refractivity contribution in [1.29, 1.82) is 0 Å². The summed E-state index contributed by atoms with van der Waals surface area (Å²) in [4.78, 5) is 25.0. The third-order valence-electron chi connectivity index (χ3n) is 3.98. The van der Waals surface area contributed by atoms with E-state index in [-0.39, 0.29) is 29.9 Å². The molecule has 1 aromatic rings. The zero-order chi connectivity index (χ0) is 16.3. The molecule has 1 atom stereocenters. The number of urea groups is 1. The minimum absolute atomic E-state index is 0.0420. The molecule has 0 bridgehead atoms. The highest BCUT2D eigenvalue weighted by atomic mass is 16.2. The van der Waals surface area contributed by atoms with Gasteiger partial charge in [0, 0.05) is 19.1 Å². The summed E-state index contributed by atoms with van der Waals surface area (Å²) in [6, 6.07) is 7.94. The summed E-state index contributed by atoms with van der Waals surface area (Å²) in [5.74, 6) is -0.183. The second-order valence-electron chi connectivity index (χ2n) is 6.81. The topological polar surface area (TPSA) is 61.4 Å². The Balaban J connectivity index is 2.10. The fourth-order valence-electron chi connectivity index (χ4n) is 2.79. The Hall–Kier alpha value is -1.88. The Bertz CT molecular complexity index is 563. The van der Waals surface area contributed by atoms with Crippen LogP contribution >= 0.6 is 0 Å². The lowest BCUT2D eigenvalue weighted by Crippen LogP contribution is -2.43. The average Bonchev–Trinajstić information content (AvgIpc) is 2.85. The third-order valence-corrected chi connectivity index (χ3v) is 3.98. The number of rotatable bonds is 4. The predicted octanol–water partition coefficient (Wildman–Crippen LogP) is 2.22. The van der Waals surface area contributed by atoms with Crippen LogP contribution in [-0.2, 0) is 4.79 Å². The van der Waals surface area contributed by atoms with Crippen molar-refractivity contribution >= 4 is 11.9 Å². The fraction of sp³-hybridized carbons (Fsp3) is 0.529. The number of aryl methyl sites for hydroxylation is 1. The summed E-state index contributed by atoms with van der Waals surface area (Å²) in [5, 5.41) is 5.99. The number of imide groups is 1. The lowest BCUT2D eigenvalue weighted by atomic mass is 9.81. The first kappa shape index (κ1) is 16.5. The Morgan fingerprint density at radius 1 is 1.36 bits per heavy atom. The van der Waals surface area contributed by atoms with Gasteiger partial charge in [-0.3, -0.25) is 9.69 Å². The zero-order valence-electron chi connectivity index (χ0n) is 13.8. The molecule has 5 heteroatoms. The van der Waals surface area contributed by atoms with Gasteiger partial charge >= 0.3 is 6.03 Å². The summed E-state index contributed by atoms with van der Waals surface area (Å²) < 4.78 is 0. The van der Waals surface area contributed by atoms with Crippen LogP contribution in [-0.4, -0.2) is 36.5 Å². The molecule has 120 valence electrons. The summed E-state index contributed by atoms with van der Waals surface area (Å²) >= 11 is 0. The van der Waals surface area contributed by atoms with Crippen LogP contribution in [0, 0.1) is 12.3 Å². The van der Waals surface area contributed by atoms with Gasteiger partial charge in [-0.25, -0.2) is 4.79 Å². The van der Waals surface area contributed by atoms with Gasteiger partial charge < -0.3 is 10.6 Å². The number of nitrogens with zero attached hydrogens (tertiary/aromatic N) is 1. The molecule has 22 heavy (non-hydrogen) atoms. The number of carbonyl (C=O) groups excluding carboxylic acids is 2. The van der Waals surface area contributed by atoms with Crippen molar-refractivity contribution in [3.05, 3.63) is 35.4 Å². The number of hydrogen-bond acceptors (Lipinski definition) is 3. The van der Waals surface area contributed by atoms with Gasteiger partial charge in [-0.15, -0.1) is 0 Å². The Morgan fingerprint density at radius 2 is 2.05 bits per heavy atom. The molecule has 0 spiro atoms. The summed E-state index contributed by atoms with van der Waals surface area (Å²) in [6.07, 6.45) is 0. The van der Waals surface area contributed by atoms with Gasteiger partial charge in [-0.1, -0.05) is 45.0 Å². The van der Waals surface area contributed by atoms with Crippen molar-refractivity contribution in [3.8, 4) is 0 Å². The SMILES string of the molecule is Cc1ccccc1[C@@H](NCC(=O)N1CCNC1=O)C(C)(C)C. The van der Waals surface area contributed by atoms with Crippen molar-refractivity contribution in [2.45, 2.75) is 33.7 Å². The molecule has 1 saturated heterocycles. The number of nitrogens with one attached hydrogen (secondary N) is 2. The van der Waals surface area contributed by atoms with Crippen LogP contribution in [0.3, 0.4) is 0 Å². The quantitative estimate of drug-likeness (QED) is 0.896. The molecule has 1 aliphatic heterocycles. The first-order valence-electron chi connectivity index (χ1n) is 7.68. The summed E-state index contributed by atoms with van der Waals surface area (Å²) in [5.41, 5.74) is 2.34. The number of benzene rings is 1. The van der Waals surface area contributed by atoms with E-state index in [0.717, 1.165) is 0 Å². The summed E-state index contributed by atoms with van der Waals surface area (Å²) in [6.45, 7) is 9.64. The number of carbonyl (C=O) groups is 2. The number of amides is 3. The fourth-order valence-corrected chi connectivity index (χ4v) is 2.79. The highest BCUT2D eigenvalue weighted by Crippen LogP contribution is 2.34. The molecule has 0 unspecified atom stereocenters. The van der Waals surface area contributed by atoms with E-state index >= 15 is 0 Å². The molecule has 0 aromatic heterocycles. The molecule has 2 rings (SSSR count). The van der Waals surface area contributed by atoms with Crippen LogP contribution in [0.5, 0.6) is 0 Å². The third kappa shape index (κ3) is 3.65. The van der Waals surface area contributed by atoms with Gasteiger partial charge in [0.1, 0.15) is 0 Å². The van der Waals surface area contributed by atoms with Crippen LogP contribution in [0.1, 0.15) is 37.9 Å². The second kappa shape index (κ2) is 6.48. The molecule has 1 heterocycles. The Labute approximate surface area is 132 Å². The first-order valence-corrected chi connectivity index (χ1v) is 7.68. The molecule has 0 aliphatic carbocycles. The molecular formula is C17H25N3O2. The van der Waals surface area contributed by atoms with Gasteiger partial charge in [0.05, 0.1) is 6.54 Å². The highest BCUT2D eigenvalue weighted by molar-refractivity contribution is 5.96. The molecule has 0 saturated carbocycles. The zero-order valence-corrected chi connectivity index (χ0v) is 13.8. The van der Waals surface area contributed by atoms with Gasteiger partial charge in [-0.2, -0.15) is 0 Å². The van der Waals surface area contributed by atoms with Crippen molar-refractivity contribution in [1.82, 2.24) is 15.5 Å². The van der Waals surface area contributed by atoms with Gasteiger partial charge in [0.25, 0.3) is 0 Å². The van der Waals surface area contributed by atoms with E-state index in [1.54, 1.807) is 0 Å². The van der Waals surface area contributed by atoms with E-state index in [2.05, 4.69) is 50.5 Å². The second-order valence-corrected chi connectivity index (χ2v) is 6.81. The van der Waals surface area contributed by atoms with Crippen molar-refractivity contribution in [2.75, 3.05) is 19.6 Å². The maximum Gasteiger partial charge on any atom is 0.324 e. The molecule has 3 amide bonds. The average molecular weight is 303 g/mol. The maximum absolute atomic E-state index is 12.2. The minimum atomic E-state index is -0.296. The normalized spacial score (nSPS) is 16.5. The molecule has 5 nitrogen and oxygen atoms in total. The van der Waals surface area contributed by atoms with Crippen LogP contribution in [0.25, 0.3) is 0 Å². The highest BCUT2D eigenvalue weighted by Gasteiger charge is 2.30. The monoisotopic (exact) mass is 303 g/mol. The van der Waals surface area contributed by atoms with E-state index in [9.17, 15) is 9.59 Å². The van der Waals surface area contributed by atoms with E-state index in [1.807, 2.05) is 12.1 Å². The predicted molar refractivity (Wildman–Crippen MR) is 86.5 cm³/mol. The molecule has 2 N–H and O–H groups in total. The maximum atomic E-state index is 12.2. The Morgan fingerprint density at radius 3 is 2.59 bits per heavy atom. The van der Waals surface area contributed by atoms with Crippen molar-refractivity contribution in [3.63, 3.8) is 0 Å². The smallest absolute Gasteiger partial charge is 0.324 e. The Kier molecular flexibility index (Phi) is 4.86. The minimum Gasteiger partial charge on any atom is -0.336 e. The van der Waals surface area contributed by atoms with Crippen LogP contribution in [0.15, 0.2) is 24.3 Å². The van der Waals surface area contributed by atoms with Crippen molar-refractivity contribution in [2.24, 2.45) is 5.41 Å². The van der Waals surface area contributed by atoms with E-state index < -0.39 is 0 Å². The summed E-state index contributed by atoms with van der Waals surface area (Å²) in [7, 11) is 0. The molecule has 1 aliphatic rings. The van der Waals surface area contributed by atoms with Gasteiger partial charge in [-0.05, 0) is 23.5 Å². The van der Waals surface area contributed by atoms with Crippen LogP contribution in [0.4, 0.5) is 4.79 Å². The molecule has 1 fully saturated rings. The number of hydrogen-bond donors (Lipinski definition) is 2. The lowest BCUT2D eigenvalue weighted by Gasteiger charge is -2.33. The standard InChI is InChI=1S/C17H25N3O2/c1-12-7-5-6-8-13(12)15(17(2,3)4)19-11-14(21)20-10-9-18-16(20)22/h5-8,15,19H,9-11H2,1-4H3,(H,18,22)/t15-/m1/s1. The lowest BCUT2D eigenvalue weighted by molar-refractivity contribution is -0.126. The van der Waals surface area contributed by atoms with Gasteiger partial charge in [0.15, 0.2) is 0 Å². The van der Waals surface area contributed by atoms with Crippen LogP contribution < -0.4 is 10.6 Å². The molecular weight excluding hydrogens is 278 g/mol. The van der Waals surface area contributed by atoms with Crippen LogP contribution in [0.2, 0.25) is 0 Å². The molecule has 1 aromatic carbocycles. The van der Waals surface area contributed by atoms with E-state index in [0.29, 0.717) is 13.1 Å². The largest absolute Gasteiger partial charge is 0.336 e. The van der Waals surface area contributed by atoms with Gasteiger partial charge in [0.2, 0.25) is 5.91 Å². The van der Waals surface area contributed by atoms with E-state index in [1.165, 1.54) is 16.0 Å². The molecule has 0 radical (unpaired) electrons. The first-order chi connectivity index (χ1) is 10.3. The van der Waals surface area contributed by atoms with E-state index in [4.69, 9.17) is 0 Å².